The molecule has 0 aliphatic rings. The minimum atomic E-state index is -0.293. The molecule has 0 unspecified atom stereocenters. The lowest BCUT2D eigenvalue weighted by Crippen LogP contribution is -2.35. The van der Waals surface area contributed by atoms with Gasteiger partial charge in [-0.25, -0.2) is 5.10 Å². The van der Waals surface area contributed by atoms with Crippen molar-refractivity contribution >= 4 is 27.7 Å². The number of H-pyrrole nitrogens is 1. The van der Waals surface area contributed by atoms with Crippen LogP contribution in [-0.4, -0.2) is 26.7 Å². The second-order valence-electron chi connectivity index (χ2n) is 7.06. The first-order chi connectivity index (χ1) is 13.6. The molecule has 142 valence electrons. The average Bonchev–Trinajstić information content (AvgIpc) is 3.02. The fourth-order valence-corrected chi connectivity index (χ4v) is 3.64. The van der Waals surface area contributed by atoms with Gasteiger partial charge in [0.2, 0.25) is 5.91 Å². The van der Waals surface area contributed by atoms with Crippen molar-refractivity contribution in [1.82, 2.24) is 20.1 Å². The van der Waals surface area contributed by atoms with Gasteiger partial charge in [-0.1, -0.05) is 48.5 Å². The highest BCUT2D eigenvalue weighted by atomic mass is 16.2. The molecule has 2 heterocycles. The van der Waals surface area contributed by atoms with Crippen molar-refractivity contribution in [2.45, 2.75) is 32.4 Å². The maximum atomic E-state index is 12.7. The second kappa shape index (κ2) is 7.68. The number of nitrogens with zero attached hydrogens (tertiary/aromatic N) is 2. The number of hydrogen-bond acceptors (Lipinski definition) is 3. The maximum Gasteiger partial charge on any atom is 0.288 e. The molecule has 6 nitrogen and oxygen atoms in total. The van der Waals surface area contributed by atoms with Crippen LogP contribution in [0.4, 0.5) is 0 Å². The zero-order chi connectivity index (χ0) is 19.5. The number of aryl methyl sites for hydroxylation is 1. The zero-order valence-electron chi connectivity index (χ0n) is 15.7. The van der Waals surface area contributed by atoms with Crippen molar-refractivity contribution in [2.24, 2.45) is 0 Å². The molecule has 6 heteroatoms. The molecule has 0 aliphatic heterocycles. The van der Waals surface area contributed by atoms with Gasteiger partial charge in [-0.15, -0.1) is 0 Å². The number of aromatic nitrogens is 3. The molecule has 28 heavy (non-hydrogen) atoms. The Morgan fingerprint density at radius 3 is 2.68 bits per heavy atom. The number of para-hydroxylation sites is 1. The average molecular weight is 374 g/mol. The summed E-state index contributed by atoms with van der Waals surface area (Å²) in [6.45, 7) is 2.09. The van der Waals surface area contributed by atoms with Crippen LogP contribution in [0.2, 0.25) is 0 Å². The fourth-order valence-electron chi connectivity index (χ4n) is 3.64. The smallest absolute Gasteiger partial charge is 0.288 e. The molecule has 2 aromatic carbocycles. The Kier molecular flexibility index (Phi) is 4.93. The fraction of sp³-hybridized carbons (Fsp3) is 0.227. The molecule has 2 aromatic heterocycles. The van der Waals surface area contributed by atoms with Gasteiger partial charge >= 0.3 is 0 Å². The van der Waals surface area contributed by atoms with E-state index in [1.807, 2.05) is 49.4 Å². The minimum Gasteiger partial charge on any atom is -0.352 e. The summed E-state index contributed by atoms with van der Waals surface area (Å²) in [5, 5.41) is 11.1. The van der Waals surface area contributed by atoms with Gasteiger partial charge in [0.05, 0.1) is 6.20 Å². The molecule has 0 saturated carbocycles. The van der Waals surface area contributed by atoms with E-state index in [1.54, 1.807) is 10.8 Å². The topological polar surface area (TPSA) is 79.8 Å². The first-order valence-electron chi connectivity index (χ1n) is 9.41. The van der Waals surface area contributed by atoms with E-state index in [-0.39, 0.29) is 24.1 Å². The molecule has 2 N–H and O–H groups in total. The molecule has 0 radical (unpaired) electrons. The van der Waals surface area contributed by atoms with Crippen LogP contribution in [0.5, 0.6) is 0 Å². The third-order valence-corrected chi connectivity index (χ3v) is 5.00. The van der Waals surface area contributed by atoms with Gasteiger partial charge in [0.15, 0.2) is 0 Å². The van der Waals surface area contributed by atoms with Gasteiger partial charge in [0.1, 0.15) is 12.1 Å². The largest absolute Gasteiger partial charge is 0.352 e. The third-order valence-electron chi connectivity index (χ3n) is 5.00. The van der Waals surface area contributed by atoms with Crippen LogP contribution in [-0.2, 0) is 17.8 Å². The lowest BCUT2D eigenvalue weighted by Gasteiger charge is -2.15. The Labute approximate surface area is 162 Å². The molecule has 0 saturated heterocycles. The van der Waals surface area contributed by atoms with Crippen molar-refractivity contribution in [3.8, 4) is 0 Å². The number of carbonyl (C=O) groups is 1. The first kappa shape index (κ1) is 18.0. The Hall–Kier alpha value is -3.41. The van der Waals surface area contributed by atoms with Gasteiger partial charge in [-0.3, -0.25) is 9.59 Å². The Morgan fingerprint density at radius 2 is 1.86 bits per heavy atom. The van der Waals surface area contributed by atoms with Crippen molar-refractivity contribution in [3.05, 3.63) is 76.7 Å². The highest BCUT2D eigenvalue weighted by Gasteiger charge is 2.16. The first-order valence-corrected chi connectivity index (χ1v) is 9.41. The summed E-state index contributed by atoms with van der Waals surface area (Å²) < 4.78 is 1.77. The van der Waals surface area contributed by atoms with Gasteiger partial charge in [0, 0.05) is 22.3 Å². The summed E-state index contributed by atoms with van der Waals surface area (Å²) in [6.07, 6.45) is 3.40. The van der Waals surface area contributed by atoms with E-state index in [0.29, 0.717) is 5.52 Å². The van der Waals surface area contributed by atoms with E-state index < -0.39 is 0 Å². The van der Waals surface area contributed by atoms with Crippen molar-refractivity contribution in [2.75, 3.05) is 0 Å². The van der Waals surface area contributed by atoms with Crippen molar-refractivity contribution in [1.29, 1.82) is 0 Å². The molecular weight excluding hydrogens is 352 g/mol. The van der Waals surface area contributed by atoms with Crippen molar-refractivity contribution < 1.29 is 4.79 Å². The highest BCUT2D eigenvalue weighted by Crippen LogP contribution is 2.25. The van der Waals surface area contributed by atoms with Gasteiger partial charge in [-0.2, -0.15) is 5.10 Å². The Bertz CT molecular complexity index is 1180. The lowest BCUT2D eigenvalue weighted by atomic mass is 10.1. The lowest BCUT2D eigenvalue weighted by molar-refractivity contribution is -0.122. The summed E-state index contributed by atoms with van der Waals surface area (Å²) in [6, 6.07) is 17.9. The summed E-state index contributed by atoms with van der Waals surface area (Å²) >= 11 is 0. The number of aromatic amines is 1. The van der Waals surface area contributed by atoms with Crippen LogP contribution in [0.25, 0.3) is 21.8 Å². The number of benzene rings is 2. The predicted molar refractivity (Wildman–Crippen MR) is 110 cm³/mol. The van der Waals surface area contributed by atoms with E-state index in [1.165, 1.54) is 5.56 Å². The summed E-state index contributed by atoms with van der Waals surface area (Å²) in [7, 11) is 0. The van der Waals surface area contributed by atoms with Gasteiger partial charge in [0.25, 0.3) is 5.56 Å². The summed E-state index contributed by atoms with van der Waals surface area (Å²) in [5.41, 5.74) is 2.29. The molecule has 1 atom stereocenters. The number of nitrogens with one attached hydrogen (secondary N) is 2. The molecule has 0 aliphatic carbocycles. The number of hydrogen-bond donors (Lipinski definition) is 2. The normalized spacial score (nSPS) is 12.3. The van der Waals surface area contributed by atoms with Crippen LogP contribution in [0.1, 0.15) is 18.9 Å². The summed E-state index contributed by atoms with van der Waals surface area (Å²) in [5.74, 6) is -0.112. The molecule has 0 fully saturated rings. The SMILES string of the molecule is C[C@H](CCc1ccccc1)NC(=O)Cn1c2ccccc2c2cn[nH]c(=O)c21. The molecule has 4 rings (SSSR count). The summed E-state index contributed by atoms with van der Waals surface area (Å²) in [4.78, 5) is 25.0. The monoisotopic (exact) mass is 374 g/mol. The van der Waals surface area contributed by atoms with Gasteiger partial charge < -0.3 is 9.88 Å². The molecule has 4 aromatic rings. The second-order valence-corrected chi connectivity index (χ2v) is 7.06. The number of amides is 1. The minimum absolute atomic E-state index is 0.0424. The van der Waals surface area contributed by atoms with E-state index in [4.69, 9.17) is 0 Å². The molecule has 0 bridgehead atoms. The van der Waals surface area contributed by atoms with Crippen LogP contribution >= 0.6 is 0 Å². The van der Waals surface area contributed by atoms with E-state index in [2.05, 4.69) is 27.6 Å². The number of rotatable bonds is 6. The van der Waals surface area contributed by atoms with Crippen LogP contribution in [0, 0.1) is 0 Å². The maximum absolute atomic E-state index is 12.7. The van der Waals surface area contributed by atoms with Crippen molar-refractivity contribution in [3.63, 3.8) is 0 Å². The number of fused-ring (bicyclic) bond motifs is 3. The highest BCUT2D eigenvalue weighted by molar-refractivity contribution is 6.07. The van der Waals surface area contributed by atoms with Crippen LogP contribution < -0.4 is 10.9 Å². The molecule has 0 spiro atoms. The predicted octanol–water partition coefficient (Wildman–Crippen LogP) is 3.02. The quantitative estimate of drug-likeness (QED) is 0.544. The third kappa shape index (κ3) is 3.53. The Morgan fingerprint density at radius 1 is 1.11 bits per heavy atom. The Balaban J connectivity index is 1.52. The van der Waals surface area contributed by atoms with Gasteiger partial charge in [-0.05, 0) is 31.4 Å². The standard InChI is InChI=1S/C22H22N4O2/c1-15(11-12-16-7-3-2-4-8-16)24-20(27)14-26-19-10-6-5-9-17(19)18-13-23-25-22(28)21(18)26/h2-10,13,15H,11-12,14H2,1H3,(H,24,27)(H,25,28)/t15-/m1/s1. The molecular formula is C22H22N4O2. The van der Waals surface area contributed by atoms with E-state index >= 15 is 0 Å². The van der Waals surface area contributed by atoms with Crippen LogP contribution in [0.15, 0.2) is 65.6 Å². The van der Waals surface area contributed by atoms with Crippen LogP contribution in [0.3, 0.4) is 0 Å². The molecule has 1 amide bonds. The van der Waals surface area contributed by atoms with E-state index in [0.717, 1.165) is 29.1 Å². The number of carbonyl (C=O) groups excluding carboxylic acids is 1. The van der Waals surface area contributed by atoms with E-state index in [9.17, 15) is 9.59 Å². The zero-order valence-corrected chi connectivity index (χ0v) is 15.7.